The van der Waals surface area contributed by atoms with E-state index in [1.54, 1.807) is 19.3 Å². The number of fused-ring (bicyclic) bond motifs is 1. The maximum Gasteiger partial charge on any atom is 0.309 e. The van der Waals surface area contributed by atoms with Crippen LogP contribution in [0.5, 0.6) is 0 Å². The highest BCUT2D eigenvalue weighted by Crippen LogP contribution is 2.37. The molecule has 146 valence electrons. The van der Waals surface area contributed by atoms with E-state index in [0.717, 1.165) is 35.6 Å². The number of hydrogen-bond acceptors (Lipinski definition) is 5. The Morgan fingerprint density at radius 1 is 1.39 bits per heavy atom. The fourth-order valence-electron chi connectivity index (χ4n) is 3.89. The van der Waals surface area contributed by atoms with Gasteiger partial charge in [0.15, 0.2) is 17.5 Å². The lowest BCUT2D eigenvalue weighted by molar-refractivity contribution is -0.149. The Balaban J connectivity index is 1.64. The Morgan fingerprint density at radius 3 is 3.00 bits per heavy atom. The number of carboxylic acids is 1. The molecule has 8 heteroatoms. The average molecular weight is 383 g/mol. The fraction of sp³-hybridized carbons (Fsp3) is 0.400. The highest BCUT2D eigenvalue weighted by Gasteiger charge is 2.38. The molecular formula is C20H22FN5O2. The van der Waals surface area contributed by atoms with Crippen LogP contribution in [-0.4, -0.2) is 37.1 Å². The molecule has 3 aromatic heterocycles. The molecule has 1 fully saturated rings. The maximum atomic E-state index is 14.4. The maximum absolute atomic E-state index is 14.4. The van der Waals surface area contributed by atoms with Crippen LogP contribution < -0.4 is 5.32 Å². The summed E-state index contributed by atoms with van der Waals surface area (Å²) in [5.41, 5.74) is 1.66. The van der Waals surface area contributed by atoms with Gasteiger partial charge in [0.1, 0.15) is 5.65 Å². The van der Waals surface area contributed by atoms with Crippen molar-refractivity contribution < 1.29 is 14.3 Å². The standard InChI is InChI=1S/C20H22FN5O2/c1-11-6-13-14(9-23-16(13)22-8-11)17-24-10-15(21)18(26-17)25-12-4-3-5-20(2,7-12)19(27)28/h6,8-10,12H,3-5,7H2,1-2H3,(H,22,23)(H,27,28)(H,24,25,26)/t12-,20+/m0/s1. The van der Waals surface area contributed by atoms with Gasteiger partial charge in [-0.15, -0.1) is 0 Å². The smallest absolute Gasteiger partial charge is 0.309 e. The third kappa shape index (κ3) is 3.30. The van der Waals surface area contributed by atoms with E-state index >= 15 is 0 Å². The SMILES string of the molecule is Cc1cnc2[nH]cc(-c3ncc(F)c(N[C@H]4CCC[C@@](C)(C(=O)O)C4)n3)c2c1. The molecule has 3 aromatic rings. The lowest BCUT2D eigenvalue weighted by Crippen LogP contribution is -2.39. The molecular weight excluding hydrogens is 361 g/mol. The lowest BCUT2D eigenvalue weighted by atomic mass is 9.73. The first-order chi connectivity index (χ1) is 13.4. The van der Waals surface area contributed by atoms with Crippen molar-refractivity contribution in [2.24, 2.45) is 5.41 Å². The number of carbonyl (C=O) groups is 1. The average Bonchev–Trinajstić information content (AvgIpc) is 3.06. The van der Waals surface area contributed by atoms with Gasteiger partial charge in [0.25, 0.3) is 0 Å². The minimum Gasteiger partial charge on any atom is -0.481 e. The third-order valence-corrected chi connectivity index (χ3v) is 5.49. The predicted molar refractivity (Wildman–Crippen MR) is 103 cm³/mol. The fourth-order valence-corrected chi connectivity index (χ4v) is 3.89. The zero-order valence-electron chi connectivity index (χ0n) is 15.8. The number of halogens is 1. The van der Waals surface area contributed by atoms with Gasteiger partial charge >= 0.3 is 5.97 Å². The summed E-state index contributed by atoms with van der Waals surface area (Å²) in [7, 11) is 0. The predicted octanol–water partition coefficient (Wildman–Crippen LogP) is 3.91. The van der Waals surface area contributed by atoms with Gasteiger partial charge in [-0.1, -0.05) is 6.42 Å². The summed E-state index contributed by atoms with van der Waals surface area (Å²) in [6.45, 7) is 3.69. The molecule has 3 heterocycles. The summed E-state index contributed by atoms with van der Waals surface area (Å²) < 4.78 is 14.4. The summed E-state index contributed by atoms with van der Waals surface area (Å²) in [4.78, 5) is 27.5. The summed E-state index contributed by atoms with van der Waals surface area (Å²) >= 11 is 0. The van der Waals surface area contributed by atoms with Crippen molar-refractivity contribution in [1.82, 2.24) is 19.9 Å². The van der Waals surface area contributed by atoms with E-state index in [-0.39, 0.29) is 11.9 Å². The van der Waals surface area contributed by atoms with E-state index in [0.29, 0.717) is 24.3 Å². The number of aromatic nitrogens is 4. The first-order valence-electron chi connectivity index (χ1n) is 9.32. The Labute approximate surface area is 161 Å². The largest absolute Gasteiger partial charge is 0.481 e. The number of H-pyrrole nitrogens is 1. The molecule has 0 unspecified atom stereocenters. The molecule has 0 saturated heterocycles. The Morgan fingerprint density at radius 2 is 2.21 bits per heavy atom. The van der Waals surface area contributed by atoms with Gasteiger partial charge in [0, 0.05) is 29.4 Å². The molecule has 0 radical (unpaired) electrons. The monoisotopic (exact) mass is 383 g/mol. The van der Waals surface area contributed by atoms with Crippen LogP contribution in [0.1, 0.15) is 38.2 Å². The van der Waals surface area contributed by atoms with Crippen LogP contribution >= 0.6 is 0 Å². The second-order valence-electron chi connectivity index (χ2n) is 7.80. The number of aliphatic carboxylic acids is 1. The topological polar surface area (TPSA) is 104 Å². The van der Waals surface area contributed by atoms with Crippen molar-refractivity contribution in [1.29, 1.82) is 0 Å². The van der Waals surface area contributed by atoms with Crippen LogP contribution in [0, 0.1) is 18.2 Å². The zero-order chi connectivity index (χ0) is 19.9. The molecule has 4 rings (SSSR count). The van der Waals surface area contributed by atoms with E-state index in [1.165, 1.54) is 0 Å². The van der Waals surface area contributed by atoms with Crippen molar-refractivity contribution in [2.45, 2.75) is 45.6 Å². The van der Waals surface area contributed by atoms with Crippen LogP contribution in [-0.2, 0) is 4.79 Å². The summed E-state index contributed by atoms with van der Waals surface area (Å²) in [6.07, 6.45) is 7.27. The van der Waals surface area contributed by atoms with Crippen LogP contribution in [0.4, 0.5) is 10.2 Å². The highest BCUT2D eigenvalue weighted by molar-refractivity contribution is 5.92. The van der Waals surface area contributed by atoms with Gasteiger partial charge < -0.3 is 15.4 Å². The Kier molecular flexibility index (Phi) is 4.49. The first-order valence-corrected chi connectivity index (χ1v) is 9.32. The quantitative estimate of drug-likeness (QED) is 0.631. The van der Waals surface area contributed by atoms with Gasteiger partial charge in [-0.25, -0.2) is 19.3 Å². The number of pyridine rings is 1. The van der Waals surface area contributed by atoms with E-state index in [2.05, 4.69) is 25.3 Å². The molecule has 1 saturated carbocycles. The second kappa shape index (κ2) is 6.85. The number of anilines is 1. The minimum absolute atomic E-state index is 0.0969. The van der Waals surface area contributed by atoms with Crippen molar-refractivity contribution >= 4 is 22.8 Å². The molecule has 3 N–H and O–H groups in total. The number of nitrogens with one attached hydrogen (secondary N) is 2. The number of carboxylic acid groups (broad SMARTS) is 1. The molecule has 0 spiro atoms. The van der Waals surface area contributed by atoms with E-state index in [9.17, 15) is 14.3 Å². The van der Waals surface area contributed by atoms with Gasteiger partial charge in [-0.05, 0) is 44.7 Å². The van der Waals surface area contributed by atoms with E-state index in [4.69, 9.17) is 0 Å². The number of aromatic amines is 1. The Hall–Kier alpha value is -3.03. The molecule has 1 aliphatic carbocycles. The molecule has 7 nitrogen and oxygen atoms in total. The van der Waals surface area contributed by atoms with E-state index < -0.39 is 17.2 Å². The zero-order valence-corrected chi connectivity index (χ0v) is 15.8. The molecule has 0 bridgehead atoms. The van der Waals surface area contributed by atoms with Crippen molar-refractivity contribution in [3.63, 3.8) is 0 Å². The molecule has 0 aliphatic heterocycles. The molecule has 28 heavy (non-hydrogen) atoms. The van der Waals surface area contributed by atoms with Crippen molar-refractivity contribution in [3.8, 4) is 11.4 Å². The number of hydrogen-bond donors (Lipinski definition) is 3. The van der Waals surface area contributed by atoms with Crippen molar-refractivity contribution in [3.05, 3.63) is 36.0 Å². The van der Waals surface area contributed by atoms with Gasteiger partial charge in [0.2, 0.25) is 0 Å². The highest BCUT2D eigenvalue weighted by atomic mass is 19.1. The second-order valence-corrected chi connectivity index (χ2v) is 7.80. The van der Waals surface area contributed by atoms with Crippen LogP contribution in [0.2, 0.25) is 0 Å². The summed E-state index contributed by atoms with van der Waals surface area (Å²) in [5, 5.41) is 13.5. The number of nitrogens with zero attached hydrogens (tertiary/aromatic N) is 3. The van der Waals surface area contributed by atoms with Crippen LogP contribution in [0.25, 0.3) is 22.4 Å². The molecule has 0 aromatic carbocycles. The van der Waals surface area contributed by atoms with Crippen molar-refractivity contribution in [2.75, 3.05) is 5.32 Å². The van der Waals surface area contributed by atoms with E-state index in [1.807, 2.05) is 13.0 Å². The van der Waals surface area contributed by atoms with Gasteiger partial charge in [0.05, 0.1) is 11.6 Å². The molecule has 1 aliphatic rings. The summed E-state index contributed by atoms with van der Waals surface area (Å²) in [6, 6.07) is 1.83. The third-order valence-electron chi connectivity index (χ3n) is 5.49. The Bertz CT molecular complexity index is 1050. The normalized spacial score (nSPS) is 22.3. The van der Waals surface area contributed by atoms with Crippen LogP contribution in [0.15, 0.2) is 24.7 Å². The molecule has 0 amide bonds. The minimum atomic E-state index is -0.815. The molecule has 2 atom stereocenters. The van der Waals surface area contributed by atoms with Crippen LogP contribution in [0.3, 0.4) is 0 Å². The summed E-state index contributed by atoms with van der Waals surface area (Å²) in [5.74, 6) is -0.885. The first kappa shape index (κ1) is 18.3. The van der Waals surface area contributed by atoms with Gasteiger partial charge in [-0.2, -0.15) is 0 Å². The van der Waals surface area contributed by atoms with Gasteiger partial charge in [-0.3, -0.25) is 4.79 Å². The number of aryl methyl sites for hydroxylation is 1. The lowest BCUT2D eigenvalue weighted by Gasteiger charge is -2.35. The number of rotatable bonds is 4.